The van der Waals surface area contributed by atoms with E-state index in [1.165, 1.54) is 21.6 Å². The highest BCUT2D eigenvalue weighted by atomic mass is 79.9. The van der Waals surface area contributed by atoms with Gasteiger partial charge in [0.2, 0.25) is 0 Å². The minimum atomic E-state index is -0.0443. The van der Waals surface area contributed by atoms with Gasteiger partial charge in [-0.25, -0.2) is 0 Å². The van der Waals surface area contributed by atoms with Gasteiger partial charge >= 0.3 is 0 Å². The minimum absolute atomic E-state index is 0.0192. The van der Waals surface area contributed by atoms with E-state index < -0.39 is 0 Å². The molecule has 0 saturated carbocycles. The standard InChI is InChI=1S/C22H20BrNO2S/c1-13(14-5-8-17(23)9-6-14)24-22(25)20-11-16-4-3-15-7-10-18(26-2)12-19(15)21(16)27-20/h5-13H,3-4H2,1-2H3,(H,24,25)/t13-/m0/s1. The predicted octanol–water partition coefficient (Wildman–Crippen LogP) is 5.78. The molecule has 27 heavy (non-hydrogen) atoms. The van der Waals surface area contributed by atoms with Crippen LogP contribution in [-0.2, 0) is 12.8 Å². The molecule has 138 valence electrons. The summed E-state index contributed by atoms with van der Waals surface area (Å²) >= 11 is 5.01. The maximum Gasteiger partial charge on any atom is 0.261 e. The van der Waals surface area contributed by atoms with Gasteiger partial charge in [0.25, 0.3) is 5.91 Å². The molecular weight excluding hydrogens is 422 g/mol. The van der Waals surface area contributed by atoms with Crippen molar-refractivity contribution in [1.82, 2.24) is 5.32 Å². The molecule has 0 spiro atoms. The van der Waals surface area contributed by atoms with Crippen LogP contribution >= 0.6 is 27.3 Å². The summed E-state index contributed by atoms with van der Waals surface area (Å²) in [5.74, 6) is 0.833. The van der Waals surface area contributed by atoms with Crippen molar-refractivity contribution in [3.05, 3.63) is 74.6 Å². The van der Waals surface area contributed by atoms with Crippen molar-refractivity contribution < 1.29 is 9.53 Å². The Labute approximate surface area is 171 Å². The lowest BCUT2D eigenvalue weighted by molar-refractivity contribution is 0.0944. The van der Waals surface area contributed by atoms with E-state index in [9.17, 15) is 4.79 Å². The van der Waals surface area contributed by atoms with E-state index in [1.807, 2.05) is 43.3 Å². The SMILES string of the molecule is COc1ccc2c(c1)-c1sc(C(=O)N[C@@H](C)c3ccc(Br)cc3)cc1CC2. The van der Waals surface area contributed by atoms with Crippen LogP contribution in [0.25, 0.3) is 10.4 Å². The molecule has 0 fully saturated rings. The van der Waals surface area contributed by atoms with Crippen LogP contribution in [0.3, 0.4) is 0 Å². The highest BCUT2D eigenvalue weighted by Gasteiger charge is 2.23. The Morgan fingerprint density at radius 1 is 1.11 bits per heavy atom. The van der Waals surface area contributed by atoms with Crippen molar-refractivity contribution in [3.63, 3.8) is 0 Å². The van der Waals surface area contributed by atoms with E-state index in [0.29, 0.717) is 0 Å². The Morgan fingerprint density at radius 2 is 1.85 bits per heavy atom. The highest BCUT2D eigenvalue weighted by Crippen LogP contribution is 2.41. The van der Waals surface area contributed by atoms with Crippen molar-refractivity contribution in [2.24, 2.45) is 0 Å². The molecule has 0 aliphatic heterocycles. The van der Waals surface area contributed by atoms with Crippen molar-refractivity contribution in [1.29, 1.82) is 0 Å². The number of rotatable bonds is 4. The number of halogens is 1. The van der Waals surface area contributed by atoms with Gasteiger partial charge in [-0.2, -0.15) is 0 Å². The number of thiophene rings is 1. The summed E-state index contributed by atoms with van der Waals surface area (Å²) in [4.78, 5) is 14.8. The zero-order valence-corrected chi connectivity index (χ0v) is 17.6. The predicted molar refractivity (Wildman–Crippen MR) is 114 cm³/mol. The fourth-order valence-electron chi connectivity index (χ4n) is 3.44. The summed E-state index contributed by atoms with van der Waals surface area (Å²) in [5, 5.41) is 3.12. The van der Waals surface area contributed by atoms with E-state index in [2.05, 4.69) is 33.4 Å². The molecule has 1 N–H and O–H groups in total. The number of carbonyl (C=O) groups is 1. The van der Waals surface area contributed by atoms with Gasteiger partial charge in [0, 0.05) is 9.35 Å². The highest BCUT2D eigenvalue weighted by molar-refractivity contribution is 9.10. The van der Waals surface area contributed by atoms with E-state index >= 15 is 0 Å². The second kappa shape index (κ2) is 7.49. The van der Waals surface area contributed by atoms with Gasteiger partial charge in [0.1, 0.15) is 5.75 Å². The summed E-state index contributed by atoms with van der Waals surface area (Å²) in [5.41, 5.74) is 4.85. The van der Waals surface area contributed by atoms with Crippen molar-refractivity contribution >= 4 is 33.2 Å². The topological polar surface area (TPSA) is 38.3 Å². The third-order valence-electron chi connectivity index (χ3n) is 4.98. The minimum Gasteiger partial charge on any atom is -0.497 e. The monoisotopic (exact) mass is 441 g/mol. The summed E-state index contributed by atoms with van der Waals surface area (Å²) in [6, 6.07) is 16.3. The number of carbonyl (C=O) groups excluding carboxylic acids is 1. The Kier molecular flexibility index (Phi) is 5.06. The Morgan fingerprint density at radius 3 is 2.59 bits per heavy atom. The van der Waals surface area contributed by atoms with Crippen LogP contribution in [0, 0.1) is 0 Å². The van der Waals surface area contributed by atoms with E-state index in [4.69, 9.17) is 4.74 Å². The van der Waals surface area contributed by atoms with Gasteiger partial charge in [-0.15, -0.1) is 11.3 Å². The van der Waals surface area contributed by atoms with Crippen LogP contribution in [-0.4, -0.2) is 13.0 Å². The van der Waals surface area contributed by atoms with Crippen molar-refractivity contribution in [3.8, 4) is 16.2 Å². The molecule has 1 amide bonds. The number of hydrogen-bond acceptors (Lipinski definition) is 3. The number of methoxy groups -OCH3 is 1. The number of hydrogen-bond donors (Lipinski definition) is 1. The van der Waals surface area contributed by atoms with Crippen LogP contribution < -0.4 is 10.1 Å². The molecule has 4 rings (SSSR count). The molecule has 0 radical (unpaired) electrons. The third-order valence-corrected chi connectivity index (χ3v) is 6.71. The average Bonchev–Trinajstić information content (AvgIpc) is 3.13. The Balaban J connectivity index is 1.58. The lowest BCUT2D eigenvalue weighted by Crippen LogP contribution is -2.25. The molecule has 1 aliphatic rings. The van der Waals surface area contributed by atoms with Crippen LogP contribution in [0.5, 0.6) is 5.75 Å². The molecule has 3 nitrogen and oxygen atoms in total. The first-order chi connectivity index (χ1) is 13.0. The fraction of sp³-hybridized carbons (Fsp3) is 0.227. The first-order valence-electron chi connectivity index (χ1n) is 8.91. The van der Waals surface area contributed by atoms with Gasteiger partial charge in [0.05, 0.1) is 18.0 Å². The number of fused-ring (bicyclic) bond motifs is 3. The molecule has 0 bridgehead atoms. The third kappa shape index (κ3) is 3.66. The molecule has 0 unspecified atom stereocenters. The number of ether oxygens (including phenoxy) is 1. The summed E-state index contributed by atoms with van der Waals surface area (Å²) in [6.45, 7) is 2.01. The Hall–Kier alpha value is -2.11. The smallest absolute Gasteiger partial charge is 0.261 e. The molecule has 1 aromatic heterocycles. The number of aryl methyl sites for hydroxylation is 2. The molecular formula is C22H20BrNO2S. The van der Waals surface area contributed by atoms with E-state index in [1.54, 1.807) is 18.4 Å². The molecule has 1 atom stereocenters. The number of nitrogens with one attached hydrogen (secondary N) is 1. The zero-order chi connectivity index (χ0) is 19.0. The number of benzene rings is 2. The van der Waals surface area contributed by atoms with Crippen LogP contribution in [0.4, 0.5) is 0 Å². The second-order valence-electron chi connectivity index (χ2n) is 6.73. The quantitative estimate of drug-likeness (QED) is 0.557. The summed E-state index contributed by atoms with van der Waals surface area (Å²) in [7, 11) is 1.68. The van der Waals surface area contributed by atoms with Gasteiger partial charge in [0.15, 0.2) is 0 Å². The van der Waals surface area contributed by atoms with E-state index in [-0.39, 0.29) is 11.9 Å². The van der Waals surface area contributed by atoms with Crippen LogP contribution in [0.2, 0.25) is 0 Å². The average molecular weight is 442 g/mol. The molecule has 3 aromatic rings. The molecule has 1 heterocycles. The fourth-order valence-corrected chi connectivity index (χ4v) is 4.87. The van der Waals surface area contributed by atoms with Gasteiger partial charge in [-0.3, -0.25) is 4.79 Å². The van der Waals surface area contributed by atoms with Gasteiger partial charge in [-0.05, 0) is 72.4 Å². The second-order valence-corrected chi connectivity index (χ2v) is 8.70. The maximum absolute atomic E-state index is 12.8. The lowest BCUT2D eigenvalue weighted by Gasteiger charge is -2.16. The summed E-state index contributed by atoms with van der Waals surface area (Å²) in [6.07, 6.45) is 1.97. The first kappa shape index (κ1) is 18.3. The molecule has 5 heteroatoms. The summed E-state index contributed by atoms with van der Waals surface area (Å²) < 4.78 is 6.41. The van der Waals surface area contributed by atoms with Gasteiger partial charge < -0.3 is 10.1 Å². The van der Waals surface area contributed by atoms with Crippen molar-refractivity contribution in [2.45, 2.75) is 25.8 Å². The van der Waals surface area contributed by atoms with Crippen molar-refractivity contribution in [2.75, 3.05) is 7.11 Å². The first-order valence-corrected chi connectivity index (χ1v) is 10.5. The zero-order valence-electron chi connectivity index (χ0n) is 15.2. The molecule has 1 aliphatic carbocycles. The van der Waals surface area contributed by atoms with Gasteiger partial charge in [-0.1, -0.05) is 34.1 Å². The Bertz CT molecular complexity index is 994. The molecule has 2 aromatic carbocycles. The van der Waals surface area contributed by atoms with E-state index in [0.717, 1.165) is 33.5 Å². The number of amides is 1. The molecule has 0 saturated heterocycles. The maximum atomic E-state index is 12.8. The van der Waals surface area contributed by atoms with Crippen LogP contribution in [0.15, 0.2) is 53.0 Å². The lowest BCUT2D eigenvalue weighted by atomic mass is 9.91. The largest absolute Gasteiger partial charge is 0.497 e. The normalized spacial score (nSPS) is 13.4. The van der Waals surface area contributed by atoms with Crippen LogP contribution in [0.1, 0.15) is 39.3 Å².